The zero-order valence-corrected chi connectivity index (χ0v) is 33.1. The summed E-state index contributed by atoms with van der Waals surface area (Å²) < 4.78 is 24.2. The number of methoxy groups -OCH3 is 2. The van der Waals surface area contributed by atoms with Crippen LogP contribution in [0, 0.1) is 10.8 Å². The fourth-order valence-electron chi connectivity index (χ4n) is 7.70. The molecule has 3 atom stereocenters. The monoisotopic (exact) mass is 768 g/mol. The van der Waals surface area contributed by atoms with E-state index < -0.39 is 28.9 Å². The van der Waals surface area contributed by atoms with E-state index in [4.69, 9.17) is 28.9 Å². The Morgan fingerprint density at radius 1 is 1.18 bits per heavy atom. The molecule has 1 spiro atoms. The fraction of sp³-hybridized carbons (Fsp3) is 0.488. The van der Waals surface area contributed by atoms with Crippen molar-refractivity contribution < 1.29 is 33.3 Å². The molecule has 1 saturated carbocycles. The SMILES string of the molecule is CCn1c(-c2cccnc2[C@H](C)OC)c2c3cc(ccc31)-c1csc(n1)CC1(CC1=C=NC(=O)OCCOC)C(=O)N1CCC[C@H](N1)C(=O)OCC(C)(C)C2. The molecule has 4 aromatic rings. The first-order valence-electron chi connectivity index (χ1n) is 18.8. The number of rotatable bonds is 7. The number of fused-ring (bicyclic) bond motifs is 6. The summed E-state index contributed by atoms with van der Waals surface area (Å²) in [6.45, 7) is 9.99. The molecule has 13 nitrogen and oxygen atoms in total. The van der Waals surface area contributed by atoms with Crippen LogP contribution in [0.25, 0.3) is 33.4 Å². The minimum Gasteiger partial charge on any atom is -0.464 e. The third kappa shape index (κ3) is 7.74. The number of cyclic esters (lactones) is 1. The highest BCUT2D eigenvalue weighted by atomic mass is 32.1. The molecular weight excluding hydrogens is 721 g/mol. The number of hydrogen-bond donors (Lipinski definition) is 1. The van der Waals surface area contributed by atoms with Crippen molar-refractivity contribution in [3.05, 3.63) is 63.7 Å². The maximum Gasteiger partial charge on any atom is 0.441 e. The maximum absolute atomic E-state index is 14.4. The third-order valence-electron chi connectivity index (χ3n) is 10.7. The average molecular weight is 769 g/mol. The van der Waals surface area contributed by atoms with E-state index in [2.05, 4.69) is 65.9 Å². The van der Waals surface area contributed by atoms with Gasteiger partial charge in [-0.1, -0.05) is 19.9 Å². The number of hydrazine groups is 1. The topological polar surface area (TPSA) is 146 Å². The smallest absolute Gasteiger partial charge is 0.441 e. The van der Waals surface area contributed by atoms with Crippen LogP contribution in [0.3, 0.4) is 0 Å². The van der Waals surface area contributed by atoms with E-state index in [1.54, 1.807) is 13.3 Å². The molecule has 1 N–H and O–H groups in total. The van der Waals surface area contributed by atoms with Crippen LogP contribution >= 0.6 is 11.3 Å². The number of aliphatic imine (C=N–C) groups is 1. The van der Waals surface area contributed by atoms with Crippen molar-refractivity contribution in [3.63, 3.8) is 0 Å². The lowest BCUT2D eigenvalue weighted by Gasteiger charge is -2.35. The predicted molar refractivity (Wildman–Crippen MR) is 209 cm³/mol. The minimum atomic E-state index is -1.03. The van der Waals surface area contributed by atoms with E-state index in [0.717, 1.165) is 56.2 Å². The van der Waals surface area contributed by atoms with Crippen molar-refractivity contribution >= 4 is 46.1 Å². The first-order chi connectivity index (χ1) is 26.5. The van der Waals surface area contributed by atoms with Gasteiger partial charge in [0.15, 0.2) is 0 Å². The van der Waals surface area contributed by atoms with Crippen molar-refractivity contribution in [1.82, 2.24) is 25.0 Å². The third-order valence-corrected chi connectivity index (χ3v) is 11.6. The van der Waals surface area contributed by atoms with Crippen LogP contribution in [0.2, 0.25) is 0 Å². The van der Waals surface area contributed by atoms with Gasteiger partial charge in [0.25, 0.3) is 0 Å². The largest absolute Gasteiger partial charge is 0.464 e. The highest BCUT2D eigenvalue weighted by molar-refractivity contribution is 7.10. The van der Waals surface area contributed by atoms with Gasteiger partial charge in [-0.15, -0.1) is 16.3 Å². The van der Waals surface area contributed by atoms with Gasteiger partial charge in [-0.3, -0.25) is 19.6 Å². The normalized spacial score (nSPS) is 21.5. The molecule has 0 radical (unpaired) electrons. The molecule has 55 heavy (non-hydrogen) atoms. The summed E-state index contributed by atoms with van der Waals surface area (Å²) in [5, 5.41) is 5.40. The molecule has 7 rings (SSSR count). The standard InChI is InChI=1S/C41H48N6O7S/c1-7-46-33-13-12-26-18-29(33)30(36(46)28-10-8-14-42-35(28)25(2)52-6)20-40(3,4)24-54-37(48)31-11-9-15-47(45-31)38(49)41(21-34-44-32(26)23-55-34)19-27(41)22-43-39(50)53-17-16-51-5/h8,10,12-14,18,23,25,31,45H,7,9,11,15-17,19-21,24H2,1-6H3/t25-,31-,41?/m0/s1. The number of aromatic nitrogens is 3. The van der Waals surface area contributed by atoms with Crippen LogP contribution in [-0.4, -0.2) is 90.0 Å². The highest BCUT2D eigenvalue weighted by Crippen LogP contribution is 2.55. The molecule has 1 aliphatic carbocycles. The Hall–Kier alpha value is -4.72. The van der Waals surface area contributed by atoms with E-state index in [9.17, 15) is 14.4 Å². The Balaban J connectivity index is 1.35. The summed E-state index contributed by atoms with van der Waals surface area (Å²) >= 11 is 1.49. The molecule has 2 amide bonds. The van der Waals surface area contributed by atoms with E-state index >= 15 is 0 Å². The molecule has 1 unspecified atom stereocenters. The molecule has 5 heterocycles. The number of nitrogens with one attached hydrogen (secondary N) is 1. The number of amides is 2. The van der Waals surface area contributed by atoms with Crippen LogP contribution < -0.4 is 5.43 Å². The molecule has 1 saturated heterocycles. The van der Waals surface area contributed by atoms with Gasteiger partial charge >= 0.3 is 12.1 Å². The Morgan fingerprint density at radius 2 is 2.02 bits per heavy atom. The zero-order valence-electron chi connectivity index (χ0n) is 32.3. The molecule has 290 valence electrons. The molecule has 2 aliphatic heterocycles. The Kier molecular flexibility index (Phi) is 11.1. The second kappa shape index (κ2) is 15.8. The average Bonchev–Trinajstić information content (AvgIpc) is 3.53. The van der Waals surface area contributed by atoms with E-state index in [1.807, 2.05) is 18.4 Å². The van der Waals surface area contributed by atoms with Crippen molar-refractivity contribution in [2.75, 3.05) is 40.6 Å². The van der Waals surface area contributed by atoms with E-state index in [1.165, 1.54) is 23.5 Å². The zero-order chi connectivity index (χ0) is 38.9. The quantitative estimate of drug-likeness (QED) is 0.126. The molecule has 6 bridgehead atoms. The van der Waals surface area contributed by atoms with Crippen molar-refractivity contribution in [2.45, 2.75) is 78.5 Å². The van der Waals surface area contributed by atoms with Gasteiger partial charge in [-0.2, -0.15) is 0 Å². The first kappa shape index (κ1) is 38.6. The number of nitrogens with zero attached hydrogens (tertiary/aromatic N) is 5. The van der Waals surface area contributed by atoms with Gasteiger partial charge in [-0.25, -0.2) is 15.2 Å². The Bertz CT molecular complexity index is 2190. The summed E-state index contributed by atoms with van der Waals surface area (Å²) in [5.41, 5.74) is 9.16. The van der Waals surface area contributed by atoms with Gasteiger partial charge in [-0.05, 0) is 75.2 Å². The van der Waals surface area contributed by atoms with Gasteiger partial charge in [0.2, 0.25) is 5.91 Å². The number of carbonyl (C=O) groups excluding carboxylic acids is 3. The van der Waals surface area contributed by atoms with Crippen LogP contribution in [0.5, 0.6) is 0 Å². The number of benzene rings is 1. The second-order valence-electron chi connectivity index (χ2n) is 15.2. The number of carbonyl (C=O) groups is 3. The first-order valence-corrected chi connectivity index (χ1v) is 19.7. The maximum atomic E-state index is 14.4. The second-order valence-corrected chi connectivity index (χ2v) is 16.2. The molecule has 14 heteroatoms. The molecule has 1 aromatic carbocycles. The minimum absolute atomic E-state index is 0.0590. The van der Waals surface area contributed by atoms with Crippen molar-refractivity contribution in [3.8, 4) is 22.5 Å². The number of thiazole rings is 1. The van der Waals surface area contributed by atoms with Gasteiger partial charge in [0, 0.05) is 78.3 Å². The molecule has 2 fully saturated rings. The lowest BCUT2D eigenvalue weighted by molar-refractivity contribution is -0.155. The van der Waals surface area contributed by atoms with Crippen molar-refractivity contribution in [1.29, 1.82) is 0 Å². The Labute approximate surface area is 324 Å². The number of pyridine rings is 1. The highest BCUT2D eigenvalue weighted by Gasteiger charge is 2.59. The van der Waals surface area contributed by atoms with Gasteiger partial charge in [0.05, 0.1) is 46.8 Å². The lowest BCUT2D eigenvalue weighted by atomic mass is 9.84. The summed E-state index contributed by atoms with van der Waals surface area (Å²) in [6, 6.07) is 9.81. The number of esters is 1. The Morgan fingerprint density at radius 3 is 2.80 bits per heavy atom. The van der Waals surface area contributed by atoms with Crippen molar-refractivity contribution in [2.24, 2.45) is 15.8 Å². The number of hydrogen-bond acceptors (Lipinski definition) is 11. The van der Waals surface area contributed by atoms with Gasteiger partial charge in [0.1, 0.15) is 12.6 Å². The van der Waals surface area contributed by atoms with Crippen LogP contribution in [0.1, 0.15) is 69.3 Å². The summed E-state index contributed by atoms with van der Waals surface area (Å²) in [6.07, 6.45) is 3.16. The molecule has 3 aromatic heterocycles. The molecule has 3 aliphatic rings. The van der Waals surface area contributed by atoms with Crippen LogP contribution in [0.4, 0.5) is 4.79 Å². The lowest BCUT2D eigenvalue weighted by Crippen LogP contribution is -2.57. The number of ether oxygens (including phenoxy) is 4. The molecular formula is C41H48N6O7S. The summed E-state index contributed by atoms with van der Waals surface area (Å²) in [4.78, 5) is 54.1. The fourth-order valence-corrected chi connectivity index (χ4v) is 8.62. The summed E-state index contributed by atoms with van der Waals surface area (Å²) in [5.74, 6) is 2.19. The van der Waals surface area contributed by atoms with E-state index in [-0.39, 0.29) is 31.8 Å². The van der Waals surface area contributed by atoms with Gasteiger partial charge < -0.3 is 23.5 Å². The number of aryl methyl sites for hydroxylation is 1. The predicted octanol–water partition coefficient (Wildman–Crippen LogP) is 6.49. The van der Waals surface area contributed by atoms with Crippen LogP contribution in [0.15, 0.2) is 52.5 Å². The summed E-state index contributed by atoms with van der Waals surface area (Å²) in [7, 11) is 3.21. The van der Waals surface area contributed by atoms with Crippen LogP contribution in [-0.2, 0) is 47.9 Å². The van der Waals surface area contributed by atoms with E-state index in [0.29, 0.717) is 44.2 Å².